The average Bonchev–Trinajstić information content (AvgIpc) is 2.55. The van der Waals surface area contributed by atoms with E-state index in [4.69, 9.17) is 14.2 Å². The number of hydrogen-bond donors (Lipinski definition) is 0. The van der Waals surface area contributed by atoms with Gasteiger partial charge in [-0.05, 0) is 23.7 Å². The zero-order valence-corrected chi connectivity index (χ0v) is 17.0. The van der Waals surface area contributed by atoms with Crippen molar-refractivity contribution in [3.63, 3.8) is 0 Å². The lowest BCUT2D eigenvalue weighted by Crippen LogP contribution is -2.13. The first-order valence-corrected chi connectivity index (χ1v) is 10.7. The fourth-order valence-electron chi connectivity index (χ4n) is 2.13. The summed E-state index contributed by atoms with van der Waals surface area (Å²) >= 11 is 2.41. The Labute approximate surface area is 156 Å². The van der Waals surface area contributed by atoms with Crippen LogP contribution in [0.5, 0.6) is 0 Å². The van der Waals surface area contributed by atoms with E-state index in [0.717, 1.165) is 25.9 Å². The number of ether oxygens (including phenoxy) is 3. The fraction of sp³-hybridized carbons (Fsp3) is 0.944. The summed E-state index contributed by atoms with van der Waals surface area (Å²) in [4.78, 5) is 11.5. The normalized spacial score (nSPS) is 10.9. The summed E-state index contributed by atoms with van der Waals surface area (Å²) in [6, 6.07) is 0. The van der Waals surface area contributed by atoms with E-state index in [1.165, 1.54) is 43.0 Å². The maximum Gasteiger partial charge on any atom is 0.305 e. The van der Waals surface area contributed by atoms with Crippen molar-refractivity contribution in [2.45, 2.75) is 71.1 Å². The second-order valence-electron chi connectivity index (χ2n) is 5.71. The number of halogens is 1. The Morgan fingerprint density at radius 1 is 0.739 bits per heavy atom. The van der Waals surface area contributed by atoms with E-state index in [0.29, 0.717) is 32.8 Å². The molecular weight excluding hydrogens is 407 g/mol. The molecular formula is C18H35IO4. The van der Waals surface area contributed by atoms with Gasteiger partial charge in [0.2, 0.25) is 0 Å². The van der Waals surface area contributed by atoms with Crippen LogP contribution in [0, 0.1) is 0 Å². The van der Waals surface area contributed by atoms with Gasteiger partial charge in [-0.1, -0.05) is 68.0 Å². The van der Waals surface area contributed by atoms with Gasteiger partial charge < -0.3 is 14.2 Å². The van der Waals surface area contributed by atoms with E-state index in [1.807, 2.05) is 0 Å². The van der Waals surface area contributed by atoms with Crippen LogP contribution in [-0.4, -0.2) is 43.4 Å². The minimum absolute atomic E-state index is 0.104. The van der Waals surface area contributed by atoms with E-state index < -0.39 is 0 Å². The third-order valence-electron chi connectivity index (χ3n) is 3.52. The Bertz CT molecular complexity index is 249. The van der Waals surface area contributed by atoms with Crippen LogP contribution in [-0.2, 0) is 19.0 Å². The molecule has 0 fully saturated rings. The highest BCUT2D eigenvalue weighted by atomic mass is 127. The van der Waals surface area contributed by atoms with Gasteiger partial charge in [0.1, 0.15) is 6.61 Å². The number of unbranched alkanes of at least 4 members (excludes halogenated alkanes) is 7. The summed E-state index contributed by atoms with van der Waals surface area (Å²) in [6.45, 7) is 5.01. The summed E-state index contributed by atoms with van der Waals surface area (Å²) in [5.41, 5.74) is 0. The number of hydrogen-bond acceptors (Lipinski definition) is 4. The maximum atomic E-state index is 11.5. The molecule has 0 aromatic rings. The van der Waals surface area contributed by atoms with Gasteiger partial charge in [0.05, 0.1) is 19.8 Å². The van der Waals surface area contributed by atoms with Crippen LogP contribution >= 0.6 is 22.6 Å². The largest absolute Gasteiger partial charge is 0.463 e. The molecule has 0 unspecified atom stereocenters. The van der Waals surface area contributed by atoms with E-state index in [9.17, 15) is 4.79 Å². The van der Waals surface area contributed by atoms with Crippen LogP contribution in [0.25, 0.3) is 0 Å². The Balaban J connectivity index is 3.10. The molecule has 0 spiro atoms. The number of carbonyl (C=O) groups excluding carboxylic acids is 1. The second kappa shape index (κ2) is 20.2. The average molecular weight is 442 g/mol. The predicted octanol–water partition coefficient (Wildman–Crippen LogP) is 4.92. The van der Waals surface area contributed by atoms with Crippen LogP contribution in [0.2, 0.25) is 0 Å². The van der Waals surface area contributed by atoms with Crippen molar-refractivity contribution in [3.05, 3.63) is 0 Å². The smallest absolute Gasteiger partial charge is 0.305 e. The Morgan fingerprint density at radius 2 is 1.35 bits per heavy atom. The summed E-state index contributed by atoms with van der Waals surface area (Å²) in [5, 5.41) is 0. The first-order chi connectivity index (χ1) is 11.3. The fourth-order valence-corrected chi connectivity index (χ4v) is 2.67. The molecule has 138 valence electrons. The van der Waals surface area contributed by atoms with E-state index in [-0.39, 0.29) is 5.97 Å². The van der Waals surface area contributed by atoms with Gasteiger partial charge in [-0.25, -0.2) is 0 Å². The SMILES string of the molecule is CCCCCCCC(=O)OCCOCCOCCCCCCI. The van der Waals surface area contributed by atoms with Gasteiger partial charge in [-0.15, -0.1) is 0 Å². The first kappa shape index (κ1) is 23.1. The molecule has 0 aliphatic heterocycles. The van der Waals surface area contributed by atoms with Gasteiger partial charge in [-0.3, -0.25) is 4.79 Å². The number of carbonyl (C=O) groups is 1. The Hall–Kier alpha value is 0.120. The van der Waals surface area contributed by atoms with Crippen molar-refractivity contribution in [3.8, 4) is 0 Å². The molecule has 0 saturated heterocycles. The minimum Gasteiger partial charge on any atom is -0.463 e. The number of esters is 1. The van der Waals surface area contributed by atoms with Crippen LogP contribution in [0.1, 0.15) is 71.1 Å². The topological polar surface area (TPSA) is 44.8 Å². The van der Waals surface area contributed by atoms with Gasteiger partial charge in [0.25, 0.3) is 0 Å². The molecule has 0 radical (unpaired) electrons. The lowest BCUT2D eigenvalue weighted by molar-refractivity contribution is -0.145. The van der Waals surface area contributed by atoms with E-state index in [1.54, 1.807) is 0 Å². The van der Waals surface area contributed by atoms with Gasteiger partial charge in [-0.2, -0.15) is 0 Å². The molecule has 0 aromatic heterocycles. The van der Waals surface area contributed by atoms with Crippen molar-refractivity contribution >= 4 is 28.6 Å². The van der Waals surface area contributed by atoms with Gasteiger partial charge >= 0.3 is 5.97 Å². The van der Waals surface area contributed by atoms with Crippen LogP contribution < -0.4 is 0 Å². The summed E-state index contributed by atoms with van der Waals surface area (Å²) < 4.78 is 17.2. The predicted molar refractivity (Wildman–Crippen MR) is 103 cm³/mol. The molecule has 0 aliphatic rings. The molecule has 0 saturated carbocycles. The summed E-state index contributed by atoms with van der Waals surface area (Å²) in [6.07, 6.45) is 11.3. The highest BCUT2D eigenvalue weighted by Crippen LogP contribution is 2.05. The van der Waals surface area contributed by atoms with Crippen LogP contribution in [0.4, 0.5) is 0 Å². The van der Waals surface area contributed by atoms with Crippen molar-refractivity contribution in [1.29, 1.82) is 0 Å². The molecule has 0 bridgehead atoms. The Morgan fingerprint density at radius 3 is 2.09 bits per heavy atom. The molecule has 5 heteroatoms. The molecule has 0 amide bonds. The van der Waals surface area contributed by atoms with Gasteiger partial charge in [0, 0.05) is 13.0 Å². The highest BCUT2D eigenvalue weighted by molar-refractivity contribution is 14.1. The summed E-state index contributed by atoms with van der Waals surface area (Å²) in [7, 11) is 0. The van der Waals surface area contributed by atoms with Gasteiger partial charge in [0.15, 0.2) is 0 Å². The van der Waals surface area contributed by atoms with Crippen molar-refractivity contribution in [2.24, 2.45) is 0 Å². The molecule has 0 aliphatic carbocycles. The Kier molecular flexibility index (Phi) is 20.3. The first-order valence-electron chi connectivity index (χ1n) is 9.18. The molecule has 23 heavy (non-hydrogen) atoms. The molecule has 4 nitrogen and oxygen atoms in total. The van der Waals surface area contributed by atoms with Crippen molar-refractivity contribution < 1.29 is 19.0 Å². The van der Waals surface area contributed by atoms with Crippen molar-refractivity contribution in [2.75, 3.05) is 37.5 Å². The van der Waals surface area contributed by atoms with Crippen molar-refractivity contribution in [1.82, 2.24) is 0 Å². The molecule has 0 N–H and O–H groups in total. The van der Waals surface area contributed by atoms with E-state index >= 15 is 0 Å². The third kappa shape index (κ3) is 20.1. The summed E-state index contributed by atoms with van der Waals surface area (Å²) in [5.74, 6) is -0.104. The lowest BCUT2D eigenvalue weighted by Gasteiger charge is -2.07. The third-order valence-corrected chi connectivity index (χ3v) is 4.28. The number of rotatable bonds is 18. The zero-order chi connectivity index (χ0) is 17.0. The molecule has 0 rings (SSSR count). The highest BCUT2D eigenvalue weighted by Gasteiger charge is 2.02. The van der Waals surface area contributed by atoms with Crippen LogP contribution in [0.3, 0.4) is 0 Å². The van der Waals surface area contributed by atoms with E-state index in [2.05, 4.69) is 29.5 Å². The maximum absolute atomic E-state index is 11.5. The minimum atomic E-state index is -0.104. The molecule has 0 heterocycles. The zero-order valence-electron chi connectivity index (χ0n) is 14.8. The monoisotopic (exact) mass is 442 g/mol. The standard InChI is InChI=1S/C18H35IO4/c1-2-3-4-5-8-11-18(20)23-17-16-22-15-14-21-13-10-7-6-9-12-19/h2-17H2,1H3. The number of alkyl halides is 1. The lowest BCUT2D eigenvalue weighted by atomic mass is 10.1. The van der Waals surface area contributed by atoms with Crippen LogP contribution in [0.15, 0.2) is 0 Å². The molecule has 0 atom stereocenters. The molecule has 0 aromatic carbocycles. The second-order valence-corrected chi connectivity index (χ2v) is 6.79. The quantitative estimate of drug-likeness (QED) is 0.131.